The van der Waals surface area contributed by atoms with Gasteiger partial charge in [0.1, 0.15) is 18.1 Å². The Hall–Kier alpha value is -2.42. The molecule has 14 heteroatoms. The van der Waals surface area contributed by atoms with Crippen LogP contribution in [0, 0.1) is 0 Å². The molecule has 0 aliphatic carbocycles. The van der Waals surface area contributed by atoms with Crippen LogP contribution in [0.25, 0.3) is 0 Å². The van der Waals surface area contributed by atoms with Gasteiger partial charge in [0.15, 0.2) is 0 Å². The summed E-state index contributed by atoms with van der Waals surface area (Å²) in [5.41, 5.74) is 1.32. The van der Waals surface area contributed by atoms with E-state index < -0.39 is 47.4 Å². The average Bonchev–Trinajstić information content (AvgIpc) is 3.23. The summed E-state index contributed by atoms with van der Waals surface area (Å²) in [6.45, 7) is 5.24. The molecule has 0 amide bonds. The van der Waals surface area contributed by atoms with Crippen LogP contribution in [0.3, 0.4) is 0 Å². The molecule has 2 aromatic carbocycles. The Labute approximate surface area is 374 Å². The molecule has 0 atom stereocenters. The Morgan fingerprint density at radius 2 is 0.855 bits per heavy atom. The summed E-state index contributed by atoms with van der Waals surface area (Å²) in [7, 11) is -2.67. The van der Waals surface area contributed by atoms with Crippen LogP contribution >= 0.6 is 22.4 Å². The highest BCUT2D eigenvalue weighted by atomic mass is 32.3. The third-order valence-corrected chi connectivity index (χ3v) is 13.2. The summed E-state index contributed by atoms with van der Waals surface area (Å²) in [5, 5.41) is 0. The lowest BCUT2D eigenvalue weighted by molar-refractivity contribution is -0.171. The third kappa shape index (κ3) is 32.3. The Bertz CT molecular complexity index is 1400. The number of rotatable bonds is 36. The van der Waals surface area contributed by atoms with E-state index in [-0.39, 0.29) is 25.2 Å². The van der Waals surface area contributed by atoms with Crippen LogP contribution in [0.2, 0.25) is 0 Å². The SMILES string of the molecule is CCCCCCCCCCCCS(O)(O)CCOc1ccc(CCC(=O)C(F)(F)F)cc1.CCCCCCCCCCCCSCCOc1ccc(CCC(=O)C(F)(F)F)cc1. The van der Waals surface area contributed by atoms with Crippen molar-refractivity contribution in [3.8, 4) is 11.5 Å². The minimum atomic E-state index is -4.79. The number of halogens is 6. The topological polar surface area (TPSA) is 93.1 Å². The third-order valence-electron chi connectivity index (χ3n) is 10.4. The van der Waals surface area contributed by atoms with Crippen molar-refractivity contribution in [3.05, 3.63) is 59.7 Å². The van der Waals surface area contributed by atoms with Crippen LogP contribution in [0.1, 0.15) is 166 Å². The molecule has 0 saturated heterocycles. The minimum absolute atomic E-state index is 0.0119. The number of carbonyl (C=O) groups excluding carboxylic acids is 2. The zero-order chi connectivity index (χ0) is 46.0. The molecule has 0 bridgehead atoms. The molecule has 358 valence electrons. The zero-order valence-corrected chi connectivity index (χ0v) is 39.1. The lowest BCUT2D eigenvalue weighted by Gasteiger charge is -2.32. The summed E-state index contributed by atoms with van der Waals surface area (Å²) < 4.78 is 105. The number of ether oxygens (including phenoxy) is 2. The zero-order valence-electron chi connectivity index (χ0n) is 37.4. The second-order valence-electron chi connectivity index (χ2n) is 16.0. The molecule has 0 unspecified atom stereocenters. The Kier molecular flexibility index (Phi) is 32.4. The van der Waals surface area contributed by atoms with Crippen LogP contribution in [0.5, 0.6) is 11.5 Å². The van der Waals surface area contributed by atoms with E-state index in [4.69, 9.17) is 9.47 Å². The summed E-state index contributed by atoms with van der Waals surface area (Å²) in [6.07, 6.45) is 14.9. The molecule has 0 aliphatic rings. The first-order valence-electron chi connectivity index (χ1n) is 23.0. The van der Waals surface area contributed by atoms with Gasteiger partial charge >= 0.3 is 12.4 Å². The maximum Gasteiger partial charge on any atom is 0.449 e. The fourth-order valence-electron chi connectivity index (χ4n) is 6.53. The van der Waals surface area contributed by atoms with Crippen molar-refractivity contribution in [2.45, 2.75) is 180 Å². The molecule has 0 spiro atoms. The van der Waals surface area contributed by atoms with Crippen LogP contribution in [-0.2, 0) is 22.4 Å². The van der Waals surface area contributed by atoms with Crippen molar-refractivity contribution in [2.75, 3.05) is 36.2 Å². The first-order chi connectivity index (χ1) is 29.6. The second-order valence-corrected chi connectivity index (χ2v) is 19.7. The summed E-state index contributed by atoms with van der Waals surface area (Å²) in [5.74, 6) is 0.439. The molecule has 2 N–H and O–H groups in total. The number of aryl methyl sites for hydroxylation is 2. The van der Waals surface area contributed by atoms with Gasteiger partial charge in [0.25, 0.3) is 0 Å². The predicted octanol–water partition coefficient (Wildman–Crippen LogP) is 15.6. The first-order valence-corrected chi connectivity index (χ1v) is 26.1. The van der Waals surface area contributed by atoms with Gasteiger partial charge in [-0.3, -0.25) is 18.7 Å². The minimum Gasteiger partial charge on any atom is -0.493 e. The molecule has 0 fully saturated rings. The normalized spacial score (nSPS) is 12.2. The quantitative estimate of drug-likeness (QED) is 0.0519. The van der Waals surface area contributed by atoms with Crippen LogP contribution < -0.4 is 9.47 Å². The number of Topliss-reactive ketones (excluding diaryl/α,β-unsaturated/α-hetero) is 2. The lowest BCUT2D eigenvalue weighted by atomic mass is 10.1. The van der Waals surface area contributed by atoms with Gasteiger partial charge in [0.05, 0.1) is 12.4 Å². The van der Waals surface area contributed by atoms with E-state index in [1.54, 1.807) is 48.5 Å². The summed E-state index contributed by atoms with van der Waals surface area (Å²) in [4.78, 5) is 21.8. The van der Waals surface area contributed by atoms with Crippen molar-refractivity contribution >= 4 is 33.9 Å². The average molecular weight is 927 g/mol. The molecule has 2 rings (SSSR count). The van der Waals surface area contributed by atoms with E-state index in [0.29, 0.717) is 35.0 Å². The van der Waals surface area contributed by atoms with E-state index >= 15 is 0 Å². The predicted molar refractivity (Wildman–Crippen MR) is 246 cm³/mol. The summed E-state index contributed by atoms with van der Waals surface area (Å²) >= 11 is 1.90. The van der Waals surface area contributed by atoms with Gasteiger partial charge in [0, 0.05) is 24.3 Å². The smallest absolute Gasteiger partial charge is 0.449 e. The highest BCUT2D eigenvalue weighted by molar-refractivity contribution is 8.24. The van der Waals surface area contributed by atoms with Crippen molar-refractivity contribution in [2.24, 2.45) is 0 Å². The Balaban J connectivity index is 0.000000621. The monoisotopic (exact) mass is 926 g/mol. The van der Waals surface area contributed by atoms with Crippen LogP contribution in [-0.4, -0.2) is 69.2 Å². The maximum absolute atomic E-state index is 12.2. The molecule has 6 nitrogen and oxygen atoms in total. The Morgan fingerprint density at radius 3 is 1.24 bits per heavy atom. The number of ketones is 2. The molecule has 2 aromatic rings. The summed E-state index contributed by atoms with van der Waals surface area (Å²) in [6, 6.07) is 13.4. The van der Waals surface area contributed by atoms with E-state index in [1.807, 2.05) is 11.8 Å². The van der Waals surface area contributed by atoms with Gasteiger partial charge in [-0.15, -0.1) is 0 Å². The molecular weight excluding hydrogens is 851 g/mol. The van der Waals surface area contributed by atoms with Gasteiger partial charge in [-0.2, -0.15) is 48.7 Å². The molecule has 0 saturated carbocycles. The lowest BCUT2D eigenvalue weighted by Crippen LogP contribution is -2.22. The van der Waals surface area contributed by atoms with E-state index in [9.17, 15) is 45.0 Å². The molecular formula is C48H76F6O6S2. The standard InChI is InChI=1S/C24H39F3O4S.C24H37F3O2S/c1-2-3-4-5-6-7-8-9-10-11-19-32(29,30)20-18-31-22-15-12-21(13-16-22)14-17-23(28)24(25,26)27;1-2-3-4-5-6-7-8-9-10-11-19-30-20-18-29-22-15-12-21(13-16-22)14-17-23(28)24(25,26)27/h12-13,15-16,29-30H,2-11,14,17-20H2,1H3;12-13,15-16H,2-11,14,17-20H2,1H3. The number of carbonyl (C=O) groups is 2. The van der Waals surface area contributed by atoms with Gasteiger partial charge in [-0.25, -0.2) is 0 Å². The fraction of sp³-hybridized carbons (Fsp3) is 0.708. The largest absolute Gasteiger partial charge is 0.493 e. The number of hydrogen-bond acceptors (Lipinski definition) is 7. The van der Waals surface area contributed by atoms with Crippen LogP contribution in [0.4, 0.5) is 26.3 Å². The molecule has 0 heterocycles. The van der Waals surface area contributed by atoms with Gasteiger partial charge in [0.2, 0.25) is 11.6 Å². The highest BCUT2D eigenvalue weighted by Crippen LogP contribution is 2.39. The molecule has 0 radical (unpaired) electrons. The van der Waals surface area contributed by atoms with E-state index in [2.05, 4.69) is 13.8 Å². The number of alkyl halides is 6. The van der Waals surface area contributed by atoms with Crippen molar-refractivity contribution < 1.29 is 54.5 Å². The van der Waals surface area contributed by atoms with Crippen molar-refractivity contribution in [3.63, 3.8) is 0 Å². The highest BCUT2D eigenvalue weighted by Gasteiger charge is 2.38. The fourth-order valence-corrected chi connectivity index (χ4v) is 8.57. The number of thioether (sulfide) groups is 1. The molecule has 0 aromatic heterocycles. The molecule has 62 heavy (non-hydrogen) atoms. The number of unbranched alkanes of at least 4 members (excludes halogenated alkanes) is 18. The second kappa shape index (κ2) is 34.9. The van der Waals surface area contributed by atoms with Crippen molar-refractivity contribution in [1.82, 2.24) is 0 Å². The number of hydrogen-bond donors (Lipinski definition) is 2. The van der Waals surface area contributed by atoms with E-state index in [1.165, 1.54) is 109 Å². The van der Waals surface area contributed by atoms with E-state index in [0.717, 1.165) is 30.8 Å². The maximum atomic E-state index is 12.2. The first kappa shape index (κ1) is 57.6. The van der Waals surface area contributed by atoms with Gasteiger partial charge < -0.3 is 9.47 Å². The van der Waals surface area contributed by atoms with Crippen LogP contribution in [0.15, 0.2) is 48.5 Å². The number of benzene rings is 2. The van der Waals surface area contributed by atoms with Gasteiger partial charge in [-0.1, -0.05) is 154 Å². The molecule has 0 aliphatic heterocycles. The van der Waals surface area contributed by atoms with Gasteiger partial charge in [-0.05, 0) is 66.8 Å². The van der Waals surface area contributed by atoms with Crippen molar-refractivity contribution in [1.29, 1.82) is 0 Å². The Morgan fingerprint density at radius 1 is 0.500 bits per heavy atom.